The highest BCUT2D eigenvalue weighted by Gasteiger charge is 2.04. The number of rotatable bonds is 4. The maximum absolute atomic E-state index is 5.19. The molecule has 0 bridgehead atoms. The Morgan fingerprint density at radius 3 is 2.95 bits per heavy atom. The molecule has 1 aromatic carbocycles. The molecule has 0 fully saturated rings. The molecule has 0 unspecified atom stereocenters. The van der Waals surface area contributed by atoms with E-state index in [0.717, 1.165) is 21.3 Å². The molecule has 0 atom stereocenters. The molecular formula is C14H11BrN4O. The standard InChI is InChI=1S/C14H11BrN4O/c15-12-4-10(6-16-8-12)7-17-13-3-1-2-11(5-13)14-19-18-9-20-14/h1-6,8-9,17H,7H2. The molecule has 0 aliphatic carbocycles. The fraction of sp³-hybridized carbons (Fsp3) is 0.0714. The molecular weight excluding hydrogens is 320 g/mol. The van der Waals surface area contributed by atoms with Gasteiger partial charge in [-0.3, -0.25) is 4.98 Å². The lowest BCUT2D eigenvalue weighted by atomic mass is 10.2. The maximum atomic E-state index is 5.19. The first-order chi connectivity index (χ1) is 9.81. The molecule has 20 heavy (non-hydrogen) atoms. The SMILES string of the molecule is Brc1cncc(CNc2cccc(-c3nnco3)c2)c1. The highest BCUT2D eigenvalue weighted by molar-refractivity contribution is 9.10. The van der Waals surface area contributed by atoms with Crippen LogP contribution in [0.2, 0.25) is 0 Å². The van der Waals surface area contributed by atoms with Crippen molar-refractivity contribution >= 4 is 21.6 Å². The van der Waals surface area contributed by atoms with E-state index < -0.39 is 0 Å². The normalized spacial score (nSPS) is 10.4. The lowest BCUT2D eigenvalue weighted by Crippen LogP contribution is -1.99. The van der Waals surface area contributed by atoms with Crippen molar-refractivity contribution < 1.29 is 4.42 Å². The Balaban J connectivity index is 1.73. The second kappa shape index (κ2) is 5.83. The predicted octanol–water partition coefficient (Wildman–Crippen LogP) is 3.51. The Hall–Kier alpha value is -2.21. The average molecular weight is 331 g/mol. The van der Waals surface area contributed by atoms with Gasteiger partial charge in [-0.1, -0.05) is 6.07 Å². The van der Waals surface area contributed by atoms with Gasteiger partial charge < -0.3 is 9.73 Å². The first-order valence-electron chi connectivity index (χ1n) is 6.01. The maximum Gasteiger partial charge on any atom is 0.247 e. The summed E-state index contributed by atoms with van der Waals surface area (Å²) in [6.45, 7) is 0.694. The highest BCUT2D eigenvalue weighted by Crippen LogP contribution is 2.21. The summed E-state index contributed by atoms with van der Waals surface area (Å²) in [5.41, 5.74) is 2.98. The molecule has 3 aromatic rings. The van der Waals surface area contributed by atoms with E-state index in [1.807, 2.05) is 36.5 Å². The zero-order valence-corrected chi connectivity index (χ0v) is 12.0. The van der Waals surface area contributed by atoms with Crippen LogP contribution in [0.4, 0.5) is 5.69 Å². The van der Waals surface area contributed by atoms with Gasteiger partial charge >= 0.3 is 0 Å². The molecule has 0 aliphatic heterocycles. The molecule has 0 saturated carbocycles. The summed E-state index contributed by atoms with van der Waals surface area (Å²) in [5, 5.41) is 10.9. The van der Waals surface area contributed by atoms with Gasteiger partial charge in [0.1, 0.15) is 0 Å². The Morgan fingerprint density at radius 1 is 1.20 bits per heavy atom. The van der Waals surface area contributed by atoms with E-state index in [2.05, 4.69) is 36.4 Å². The van der Waals surface area contributed by atoms with Crippen LogP contribution in [0, 0.1) is 0 Å². The Morgan fingerprint density at radius 2 is 2.15 bits per heavy atom. The summed E-state index contributed by atoms with van der Waals surface area (Å²) in [7, 11) is 0. The van der Waals surface area contributed by atoms with Gasteiger partial charge in [-0.2, -0.15) is 0 Å². The summed E-state index contributed by atoms with van der Waals surface area (Å²) in [6.07, 6.45) is 4.92. The third-order valence-corrected chi connectivity index (χ3v) is 3.16. The van der Waals surface area contributed by atoms with Crippen molar-refractivity contribution in [1.29, 1.82) is 0 Å². The fourth-order valence-electron chi connectivity index (χ4n) is 1.82. The van der Waals surface area contributed by atoms with E-state index in [0.29, 0.717) is 12.4 Å². The summed E-state index contributed by atoms with van der Waals surface area (Å²) < 4.78 is 6.16. The lowest BCUT2D eigenvalue weighted by Gasteiger charge is -2.07. The summed E-state index contributed by atoms with van der Waals surface area (Å²) in [6, 6.07) is 9.87. The largest absolute Gasteiger partial charge is 0.423 e. The molecule has 2 heterocycles. The molecule has 100 valence electrons. The monoisotopic (exact) mass is 330 g/mol. The van der Waals surface area contributed by atoms with Crippen LogP contribution in [0.5, 0.6) is 0 Å². The van der Waals surface area contributed by atoms with Gasteiger partial charge in [0.2, 0.25) is 12.3 Å². The van der Waals surface area contributed by atoms with Gasteiger partial charge in [0.15, 0.2) is 0 Å². The van der Waals surface area contributed by atoms with Gasteiger partial charge in [-0.15, -0.1) is 10.2 Å². The minimum Gasteiger partial charge on any atom is -0.423 e. The van der Waals surface area contributed by atoms with Crippen LogP contribution in [0.25, 0.3) is 11.5 Å². The third kappa shape index (κ3) is 3.03. The Kier molecular flexibility index (Phi) is 3.73. The van der Waals surface area contributed by atoms with Gasteiger partial charge in [-0.25, -0.2) is 0 Å². The second-order valence-electron chi connectivity index (χ2n) is 4.19. The van der Waals surface area contributed by atoms with Crippen LogP contribution in [0.15, 0.2) is 58.0 Å². The van der Waals surface area contributed by atoms with Crippen molar-refractivity contribution in [3.8, 4) is 11.5 Å². The topological polar surface area (TPSA) is 63.8 Å². The molecule has 3 rings (SSSR count). The molecule has 2 aromatic heterocycles. The van der Waals surface area contributed by atoms with Crippen LogP contribution in [-0.2, 0) is 6.54 Å². The van der Waals surface area contributed by atoms with Gasteiger partial charge in [0, 0.05) is 34.7 Å². The molecule has 5 nitrogen and oxygen atoms in total. The van der Waals surface area contributed by atoms with Crippen LogP contribution >= 0.6 is 15.9 Å². The van der Waals surface area contributed by atoms with Crippen molar-refractivity contribution in [3.05, 3.63) is 59.2 Å². The Bertz CT molecular complexity index is 700. The predicted molar refractivity (Wildman–Crippen MR) is 79.0 cm³/mol. The number of aromatic nitrogens is 3. The first-order valence-corrected chi connectivity index (χ1v) is 6.80. The zero-order valence-electron chi connectivity index (χ0n) is 10.5. The zero-order chi connectivity index (χ0) is 13.8. The van der Waals surface area contributed by atoms with Crippen molar-refractivity contribution in [3.63, 3.8) is 0 Å². The molecule has 0 radical (unpaired) electrons. The highest BCUT2D eigenvalue weighted by atomic mass is 79.9. The van der Waals surface area contributed by atoms with E-state index in [9.17, 15) is 0 Å². The molecule has 0 saturated heterocycles. The van der Waals surface area contributed by atoms with Gasteiger partial charge in [0.05, 0.1) is 0 Å². The third-order valence-electron chi connectivity index (χ3n) is 2.73. The summed E-state index contributed by atoms with van der Waals surface area (Å²) >= 11 is 3.41. The van der Waals surface area contributed by atoms with Crippen molar-refractivity contribution in [2.45, 2.75) is 6.54 Å². The number of hydrogen-bond acceptors (Lipinski definition) is 5. The molecule has 1 N–H and O–H groups in total. The van der Waals surface area contributed by atoms with E-state index in [4.69, 9.17) is 4.42 Å². The number of nitrogens with zero attached hydrogens (tertiary/aromatic N) is 3. The Labute approximate surface area is 124 Å². The number of benzene rings is 1. The van der Waals surface area contributed by atoms with Crippen molar-refractivity contribution in [2.75, 3.05) is 5.32 Å². The minimum atomic E-state index is 0.512. The second-order valence-corrected chi connectivity index (χ2v) is 5.11. The number of pyridine rings is 1. The quantitative estimate of drug-likeness (QED) is 0.793. The van der Waals surface area contributed by atoms with Crippen LogP contribution in [0.1, 0.15) is 5.56 Å². The van der Waals surface area contributed by atoms with E-state index >= 15 is 0 Å². The van der Waals surface area contributed by atoms with Crippen molar-refractivity contribution in [2.24, 2.45) is 0 Å². The number of anilines is 1. The van der Waals surface area contributed by atoms with Crippen LogP contribution in [-0.4, -0.2) is 15.2 Å². The van der Waals surface area contributed by atoms with Crippen molar-refractivity contribution in [1.82, 2.24) is 15.2 Å². The van der Waals surface area contributed by atoms with Crippen LogP contribution < -0.4 is 5.32 Å². The van der Waals surface area contributed by atoms with E-state index in [1.165, 1.54) is 6.39 Å². The minimum absolute atomic E-state index is 0.512. The number of nitrogens with one attached hydrogen (secondary N) is 1. The van der Waals surface area contributed by atoms with E-state index in [1.54, 1.807) is 6.20 Å². The summed E-state index contributed by atoms with van der Waals surface area (Å²) in [5.74, 6) is 0.512. The van der Waals surface area contributed by atoms with Gasteiger partial charge in [0.25, 0.3) is 0 Å². The van der Waals surface area contributed by atoms with Gasteiger partial charge in [-0.05, 0) is 45.8 Å². The molecule has 0 spiro atoms. The average Bonchev–Trinajstić information content (AvgIpc) is 3.00. The van der Waals surface area contributed by atoms with E-state index in [-0.39, 0.29) is 0 Å². The summed E-state index contributed by atoms with van der Waals surface area (Å²) in [4.78, 5) is 4.13. The fourth-order valence-corrected chi connectivity index (χ4v) is 2.23. The van der Waals surface area contributed by atoms with Crippen LogP contribution in [0.3, 0.4) is 0 Å². The number of halogens is 1. The lowest BCUT2D eigenvalue weighted by molar-refractivity contribution is 0.568. The molecule has 6 heteroatoms. The smallest absolute Gasteiger partial charge is 0.247 e. The first kappa shape index (κ1) is 12.8. The number of hydrogen-bond donors (Lipinski definition) is 1. The molecule has 0 amide bonds. The molecule has 0 aliphatic rings.